The van der Waals surface area contributed by atoms with E-state index in [9.17, 15) is 21.6 Å². The van der Waals surface area contributed by atoms with Crippen LogP contribution in [0.3, 0.4) is 0 Å². The molecule has 2 rings (SSSR count). The summed E-state index contributed by atoms with van der Waals surface area (Å²) in [5.74, 6) is -3.38. The molecule has 0 radical (unpaired) electrons. The zero-order chi connectivity index (χ0) is 14.9. The Morgan fingerprint density at radius 2 is 1.60 bits per heavy atom. The van der Waals surface area contributed by atoms with Crippen molar-refractivity contribution in [2.75, 3.05) is 10.5 Å². The van der Waals surface area contributed by atoms with Gasteiger partial charge in [-0.25, -0.2) is 21.6 Å². The first kappa shape index (κ1) is 14.2. The van der Waals surface area contributed by atoms with E-state index in [2.05, 4.69) is 0 Å². The van der Waals surface area contributed by atoms with Crippen LogP contribution in [0.15, 0.2) is 41.3 Å². The molecule has 3 N–H and O–H groups in total. The van der Waals surface area contributed by atoms with Crippen molar-refractivity contribution in [3.63, 3.8) is 0 Å². The van der Waals surface area contributed by atoms with Crippen LogP contribution in [-0.4, -0.2) is 8.42 Å². The number of sulfonamides is 1. The lowest BCUT2D eigenvalue weighted by molar-refractivity contribution is 0.509. The SMILES string of the molecule is Nc1ccc(S(=O)(=O)Nc2ccc(F)c(F)c2)c(F)c1. The predicted molar refractivity (Wildman–Crippen MR) is 68.0 cm³/mol. The highest BCUT2D eigenvalue weighted by molar-refractivity contribution is 7.92. The topological polar surface area (TPSA) is 72.2 Å². The zero-order valence-electron chi connectivity index (χ0n) is 9.90. The van der Waals surface area contributed by atoms with Crippen molar-refractivity contribution in [3.8, 4) is 0 Å². The van der Waals surface area contributed by atoms with Crippen LogP contribution in [0.25, 0.3) is 0 Å². The van der Waals surface area contributed by atoms with Crippen LogP contribution in [0.2, 0.25) is 0 Å². The Bertz CT molecular complexity index is 763. The van der Waals surface area contributed by atoms with E-state index in [1.165, 1.54) is 6.07 Å². The molecule has 0 unspecified atom stereocenters. The summed E-state index contributed by atoms with van der Waals surface area (Å²) in [5, 5.41) is 0. The normalized spacial score (nSPS) is 11.3. The van der Waals surface area contributed by atoms with Gasteiger partial charge in [0.25, 0.3) is 10.0 Å². The summed E-state index contributed by atoms with van der Waals surface area (Å²) in [6, 6.07) is 5.47. The highest BCUT2D eigenvalue weighted by Gasteiger charge is 2.19. The van der Waals surface area contributed by atoms with Crippen LogP contribution in [0.5, 0.6) is 0 Å². The van der Waals surface area contributed by atoms with E-state index >= 15 is 0 Å². The van der Waals surface area contributed by atoms with Crippen LogP contribution in [0, 0.1) is 17.5 Å². The molecule has 0 aliphatic carbocycles. The molecule has 106 valence electrons. The molecule has 2 aromatic rings. The molecule has 20 heavy (non-hydrogen) atoms. The van der Waals surface area contributed by atoms with Crippen molar-refractivity contribution in [1.82, 2.24) is 0 Å². The summed E-state index contributed by atoms with van der Waals surface area (Å²) in [6.45, 7) is 0. The molecule has 0 aliphatic rings. The minimum atomic E-state index is -4.26. The fourth-order valence-corrected chi connectivity index (χ4v) is 2.61. The molecule has 0 atom stereocenters. The maximum absolute atomic E-state index is 13.6. The fraction of sp³-hybridized carbons (Fsp3) is 0. The van der Waals surface area contributed by atoms with Crippen molar-refractivity contribution in [2.45, 2.75) is 4.90 Å². The van der Waals surface area contributed by atoms with E-state index < -0.39 is 32.4 Å². The second kappa shape index (κ2) is 5.04. The van der Waals surface area contributed by atoms with Crippen LogP contribution in [-0.2, 0) is 10.0 Å². The summed E-state index contributed by atoms with van der Waals surface area (Å²) < 4.78 is 65.1. The third-order valence-corrected chi connectivity index (χ3v) is 3.83. The Balaban J connectivity index is 2.38. The van der Waals surface area contributed by atoms with E-state index in [4.69, 9.17) is 5.73 Å². The second-order valence-corrected chi connectivity index (χ2v) is 5.58. The summed E-state index contributed by atoms with van der Waals surface area (Å²) in [7, 11) is -4.26. The van der Waals surface area contributed by atoms with Gasteiger partial charge in [0.2, 0.25) is 0 Å². The van der Waals surface area contributed by atoms with E-state index in [-0.39, 0.29) is 11.4 Å². The van der Waals surface area contributed by atoms with Crippen LogP contribution >= 0.6 is 0 Å². The number of benzene rings is 2. The largest absolute Gasteiger partial charge is 0.399 e. The molecule has 8 heteroatoms. The Morgan fingerprint density at radius 1 is 0.900 bits per heavy atom. The van der Waals surface area contributed by atoms with Gasteiger partial charge in [0.05, 0.1) is 5.69 Å². The van der Waals surface area contributed by atoms with E-state index in [0.29, 0.717) is 6.07 Å². The smallest absolute Gasteiger partial charge is 0.264 e. The summed E-state index contributed by atoms with van der Waals surface area (Å²) in [5.41, 5.74) is 5.16. The molecule has 0 bridgehead atoms. The number of rotatable bonds is 3. The molecular weight excluding hydrogens is 293 g/mol. The van der Waals surface area contributed by atoms with Gasteiger partial charge in [-0.1, -0.05) is 0 Å². The van der Waals surface area contributed by atoms with Crippen LogP contribution < -0.4 is 10.5 Å². The monoisotopic (exact) mass is 302 g/mol. The molecule has 0 aliphatic heterocycles. The van der Waals surface area contributed by atoms with Crippen molar-refractivity contribution < 1.29 is 21.6 Å². The third-order valence-electron chi connectivity index (χ3n) is 2.42. The maximum Gasteiger partial charge on any atom is 0.264 e. The molecular formula is C12H9F3N2O2S. The molecule has 0 amide bonds. The van der Waals surface area contributed by atoms with Crippen molar-refractivity contribution in [3.05, 3.63) is 53.8 Å². The molecule has 0 aromatic heterocycles. The van der Waals surface area contributed by atoms with E-state index in [1.54, 1.807) is 0 Å². The third kappa shape index (κ3) is 2.85. The number of halogens is 3. The van der Waals surface area contributed by atoms with Gasteiger partial charge in [-0.2, -0.15) is 0 Å². The van der Waals surface area contributed by atoms with Crippen LogP contribution in [0.4, 0.5) is 24.5 Å². The van der Waals surface area contributed by atoms with Gasteiger partial charge in [-0.05, 0) is 30.3 Å². The lowest BCUT2D eigenvalue weighted by Crippen LogP contribution is -2.15. The zero-order valence-corrected chi connectivity index (χ0v) is 10.7. The minimum absolute atomic E-state index is 0.0641. The first-order valence-corrected chi connectivity index (χ1v) is 6.81. The first-order chi connectivity index (χ1) is 9.29. The van der Waals surface area contributed by atoms with Gasteiger partial charge in [0.15, 0.2) is 11.6 Å². The average molecular weight is 302 g/mol. The highest BCUT2D eigenvalue weighted by atomic mass is 32.2. The quantitative estimate of drug-likeness (QED) is 0.856. The van der Waals surface area contributed by atoms with Crippen molar-refractivity contribution >= 4 is 21.4 Å². The van der Waals surface area contributed by atoms with Gasteiger partial charge in [-0.15, -0.1) is 0 Å². The number of nitrogens with two attached hydrogens (primary N) is 1. The summed E-state index contributed by atoms with van der Waals surface area (Å²) >= 11 is 0. The molecule has 0 fully saturated rings. The Kier molecular flexibility index (Phi) is 3.58. The van der Waals surface area contributed by atoms with E-state index in [0.717, 1.165) is 24.3 Å². The van der Waals surface area contributed by atoms with Gasteiger partial charge in [-0.3, -0.25) is 4.72 Å². The summed E-state index contributed by atoms with van der Waals surface area (Å²) in [6.07, 6.45) is 0. The molecule has 0 saturated heterocycles. The molecule has 2 aromatic carbocycles. The number of hydrogen-bond donors (Lipinski definition) is 2. The standard InChI is InChI=1S/C12H9F3N2O2S/c13-9-3-2-8(6-10(9)14)17-20(18,19)12-4-1-7(16)5-11(12)15/h1-6,17H,16H2. The number of nitrogen functional groups attached to an aromatic ring is 1. The van der Waals surface area contributed by atoms with Gasteiger partial charge >= 0.3 is 0 Å². The Hall–Kier alpha value is -2.22. The lowest BCUT2D eigenvalue weighted by atomic mass is 10.3. The number of hydrogen-bond acceptors (Lipinski definition) is 3. The highest BCUT2D eigenvalue weighted by Crippen LogP contribution is 2.21. The molecule has 0 saturated carbocycles. The second-order valence-electron chi connectivity index (χ2n) is 3.92. The van der Waals surface area contributed by atoms with Crippen LogP contribution in [0.1, 0.15) is 0 Å². The number of anilines is 2. The Labute approximate surface area is 113 Å². The van der Waals surface area contributed by atoms with E-state index in [1.807, 2.05) is 4.72 Å². The van der Waals surface area contributed by atoms with Crippen molar-refractivity contribution in [2.24, 2.45) is 0 Å². The fourth-order valence-electron chi connectivity index (χ4n) is 1.50. The average Bonchev–Trinajstić information content (AvgIpc) is 2.33. The Morgan fingerprint density at radius 3 is 2.20 bits per heavy atom. The molecule has 0 spiro atoms. The van der Waals surface area contributed by atoms with Gasteiger partial charge in [0, 0.05) is 11.8 Å². The minimum Gasteiger partial charge on any atom is -0.399 e. The van der Waals surface area contributed by atoms with Gasteiger partial charge < -0.3 is 5.73 Å². The first-order valence-electron chi connectivity index (χ1n) is 5.32. The summed E-state index contributed by atoms with van der Waals surface area (Å²) in [4.78, 5) is -0.642. The van der Waals surface area contributed by atoms with Crippen molar-refractivity contribution in [1.29, 1.82) is 0 Å². The molecule has 0 heterocycles. The number of nitrogens with one attached hydrogen (secondary N) is 1. The van der Waals surface area contributed by atoms with Gasteiger partial charge in [0.1, 0.15) is 10.7 Å². The molecule has 4 nitrogen and oxygen atoms in total. The predicted octanol–water partition coefficient (Wildman–Crippen LogP) is 2.49. The maximum atomic E-state index is 13.6. The lowest BCUT2D eigenvalue weighted by Gasteiger charge is -2.09.